The number of benzene rings is 1. The van der Waals surface area contributed by atoms with Crippen molar-refractivity contribution in [3.8, 4) is 0 Å². The van der Waals surface area contributed by atoms with Gasteiger partial charge in [-0.15, -0.1) is 0 Å². The molecule has 0 radical (unpaired) electrons. The maximum Gasteiger partial charge on any atom is 0.0597 e. The fourth-order valence-corrected chi connectivity index (χ4v) is 1.54. The van der Waals surface area contributed by atoms with E-state index >= 15 is 0 Å². The Morgan fingerprint density at radius 2 is 2.14 bits per heavy atom. The SMILES string of the molecule is NCCCNc1c[nH]c2ccccc12. The molecular formula is C11H15N3. The van der Waals surface area contributed by atoms with E-state index in [0.29, 0.717) is 0 Å². The summed E-state index contributed by atoms with van der Waals surface area (Å²) in [5.74, 6) is 0. The van der Waals surface area contributed by atoms with Crippen LogP contribution in [0.15, 0.2) is 30.5 Å². The first kappa shape index (κ1) is 9.09. The number of H-pyrrole nitrogens is 1. The van der Waals surface area contributed by atoms with Crippen molar-refractivity contribution in [2.45, 2.75) is 6.42 Å². The molecule has 0 spiro atoms. The van der Waals surface area contributed by atoms with Crippen LogP contribution in [-0.4, -0.2) is 18.1 Å². The number of hydrogen-bond acceptors (Lipinski definition) is 2. The Kier molecular flexibility index (Phi) is 2.70. The van der Waals surface area contributed by atoms with Crippen LogP contribution in [0.3, 0.4) is 0 Å². The van der Waals surface area contributed by atoms with Crippen LogP contribution in [0.4, 0.5) is 5.69 Å². The lowest BCUT2D eigenvalue weighted by atomic mass is 10.2. The van der Waals surface area contributed by atoms with Gasteiger partial charge in [0.2, 0.25) is 0 Å². The molecule has 0 aliphatic carbocycles. The molecule has 0 saturated carbocycles. The van der Waals surface area contributed by atoms with Crippen LogP contribution in [0.25, 0.3) is 10.9 Å². The van der Waals surface area contributed by atoms with Crippen LogP contribution in [0.1, 0.15) is 6.42 Å². The largest absolute Gasteiger partial charge is 0.383 e. The number of nitrogens with two attached hydrogens (primary N) is 1. The van der Waals surface area contributed by atoms with Gasteiger partial charge in [-0.2, -0.15) is 0 Å². The standard InChI is InChI=1S/C11H15N3/c12-6-3-7-13-11-8-14-10-5-2-1-4-9(10)11/h1-2,4-5,8,13-14H,3,6-7,12H2. The average Bonchev–Trinajstić information content (AvgIpc) is 2.63. The molecule has 1 aromatic heterocycles. The van der Waals surface area contributed by atoms with Gasteiger partial charge in [-0.1, -0.05) is 18.2 Å². The second-order valence-electron chi connectivity index (χ2n) is 3.32. The molecule has 0 saturated heterocycles. The van der Waals surface area contributed by atoms with Crippen molar-refractivity contribution < 1.29 is 0 Å². The monoisotopic (exact) mass is 189 g/mol. The van der Waals surface area contributed by atoms with E-state index in [1.807, 2.05) is 18.3 Å². The predicted molar refractivity (Wildman–Crippen MR) is 60.5 cm³/mol. The van der Waals surface area contributed by atoms with Crippen molar-refractivity contribution in [2.24, 2.45) is 5.73 Å². The van der Waals surface area contributed by atoms with Crippen LogP contribution in [-0.2, 0) is 0 Å². The van der Waals surface area contributed by atoms with Gasteiger partial charge in [-0.3, -0.25) is 0 Å². The zero-order valence-corrected chi connectivity index (χ0v) is 8.09. The molecule has 0 unspecified atom stereocenters. The second kappa shape index (κ2) is 4.15. The van der Waals surface area contributed by atoms with E-state index < -0.39 is 0 Å². The Hall–Kier alpha value is -1.48. The molecule has 2 rings (SSSR count). The normalized spacial score (nSPS) is 10.6. The first-order valence-corrected chi connectivity index (χ1v) is 4.92. The molecule has 0 fully saturated rings. The third-order valence-corrected chi connectivity index (χ3v) is 2.29. The summed E-state index contributed by atoms with van der Waals surface area (Å²) in [6.45, 7) is 1.66. The van der Waals surface area contributed by atoms with Gasteiger partial charge >= 0.3 is 0 Å². The molecule has 74 valence electrons. The molecule has 3 nitrogen and oxygen atoms in total. The van der Waals surface area contributed by atoms with Gasteiger partial charge in [0.25, 0.3) is 0 Å². The Morgan fingerprint density at radius 3 is 3.00 bits per heavy atom. The minimum Gasteiger partial charge on any atom is -0.383 e. The quantitative estimate of drug-likeness (QED) is 0.644. The van der Waals surface area contributed by atoms with Gasteiger partial charge < -0.3 is 16.0 Å². The topological polar surface area (TPSA) is 53.8 Å². The number of nitrogens with one attached hydrogen (secondary N) is 2. The summed E-state index contributed by atoms with van der Waals surface area (Å²) in [6.07, 6.45) is 3.00. The predicted octanol–water partition coefficient (Wildman–Crippen LogP) is 1.93. The average molecular weight is 189 g/mol. The number of para-hydroxylation sites is 1. The highest BCUT2D eigenvalue weighted by atomic mass is 14.9. The molecule has 0 atom stereocenters. The molecule has 14 heavy (non-hydrogen) atoms. The van der Waals surface area contributed by atoms with E-state index in [2.05, 4.69) is 22.4 Å². The summed E-state index contributed by atoms with van der Waals surface area (Å²) >= 11 is 0. The summed E-state index contributed by atoms with van der Waals surface area (Å²) in [4.78, 5) is 3.22. The van der Waals surface area contributed by atoms with Crippen LogP contribution in [0, 0.1) is 0 Å². The van der Waals surface area contributed by atoms with E-state index in [1.54, 1.807) is 0 Å². The molecule has 0 aliphatic heterocycles. The Bertz CT molecular complexity index is 406. The summed E-state index contributed by atoms with van der Waals surface area (Å²) in [5.41, 5.74) is 7.76. The van der Waals surface area contributed by atoms with Gasteiger partial charge in [-0.25, -0.2) is 0 Å². The zero-order chi connectivity index (χ0) is 9.80. The van der Waals surface area contributed by atoms with Crippen molar-refractivity contribution in [3.63, 3.8) is 0 Å². The van der Waals surface area contributed by atoms with Crippen LogP contribution in [0.2, 0.25) is 0 Å². The van der Waals surface area contributed by atoms with E-state index in [0.717, 1.165) is 25.2 Å². The summed E-state index contributed by atoms with van der Waals surface area (Å²) in [6, 6.07) is 8.26. The Morgan fingerprint density at radius 1 is 1.29 bits per heavy atom. The smallest absolute Gasteiger partial charge is 0.0597 e. The first-order chi connectivity index (χ1) is 6.92. The third kappa shape index (κ3) is 1.72. The number of fused-ring (bicyclic) bond motifs is 1. The minimum atomic E-state index is 0.732. The Labute approximate surface area is 83.3 Å². The van der Waals surface area contributed by atoms with Crippen LogP contribution in [0.5, 0.6) is 0 Å². The van der Waals surface area contributed by atoms with Gasteiger partial charge in [0, 0.05) is 23.6 Å². The molecular weight excluding hydrogens is 174 g/mol. The van der Waals surface area contributed by atoms with E-state index in [9.17, 15) is 0 Å². The van der Waals surface area contributed by atoms with Crippen molar-refractivity contribution in [3.05, 3.63) is 30.5 Å². The van der Waals surface area contributed by atoms with Crippen LogP contribution >= 0.6 is 0 Å². The van der Waals surface area contributed by atoms with E-state index in [-0.39, 0.29) is 0 Å². The number of hydrogen-bond donors (Lipinski definition) is 3. The lowest BCUT2D eigenvalue weighted by molar-refractivity contribution is 0.875. The molecule has 1 heterocycles. The van der Waals surface area contributed by atoms with Crippen molar-refractivity contribution >= 4 is 16.6 Å². The van der Waals surface area contributed by atoms with Crippen molar-refractivity contribution in [2.75, 3.05) is 18.4 Å². The number of anilines is 1. The van der Waals surface area contributed by atoms with Gasteiger partial charge in [0.05, 0.1) is 5.69 Å². The second-order valence-corrected chi connectivity index (χ2v) is 3.32. The number of aromatic nitrogens is 1. The maximum absolute atomic E-state index is 5.43. The van der Waals surface area contributed by atoms with E-state index in [1.165, 1.54) is 10.9 Å². The van der Waals surface area contributed by atoms with Gasteiger partial charge in [0.15, 0.2) is 0 Å². The molecule has 3 heteroatoms. The van der Waals surface area contributed by atoms with E-state index in [4.69, 9.17) is 5.73 Å². The number of rotatable bonds is 4. The van der Waals surface area contributed by atoms with Crippen molar-refractivity contribution in [1.82, 2.24) is 4.98 Å². The highest BCUT2D eigenvalue weighted by molar-refractivity contribution is 5.92. The van der Waals surface area contributed by atoms with Crippen molar-refractivity contribution in [1.29, 1.82) is 0 Å². The van der Waals surface area contributed by atoms with Gasteiger partial charge in [-0.05, 0) is 19.0 Å². The maximum atomic E-state index is 5.43. The highest BCUT2D eigenvalue weighted by Gasteiger charge is 2.00. The molecule has 4 N–H and O–H groups in total. The van der Waals surface area contributed by atoms with Crippen LogP contribution < -0.4 is 11.1 Å². The zero-order valence-electron chi connectivity index (χ0n) is 8.09. The summed E-state index contributed by atoms with van der Waals surface area (Å²) in [5, 5.41) is 4.60. The first-order valence-electron chi connectivity index (χ1n) is 4.92. The summed E-state index contributed by atoms with van der Waals surface area (Å²) in [7, 11) is 0. The molecule has 0 aliphatic rings. The Balaban J connectivity index is 2.17. The molecule has 0 amide bonds. The third-order valence-electron chi connectivity index (χ3n) is 2.29. The van der Waals surface area contributed by atoms with Gasteiger partial charge in [0.1, 0.15) is 0 Å². The lowest BCUT2D eigenvalue weighted by Gasteiger charge is -2.02. The number of aromatic amines is 1. The summed E-state index contributed by atoms with van der Waals surface area (Å²) < 4.78 is 0. The lowest BCUT2D eigenvalue weighted by Crippen LogP contribution is -2.07. The molecule has 0 bridgehead atoms. The molecule has 1 aromatic carbocycles. The highest BCUT2D eigenvalue weighted by Crippen LogP contribution is 2.21. The fraction of sp³-hybridized carbons (Fsp3) is 0.273. The fourth-order valence-electron chi connectivity index (χ4n) is 1.54. The molecule has 2 aromatic rings. The minimum absolute atomic E-state index is 0.732.